The number of nitrogens with zero attached hydrogens (tertiary/aromatic N) is 2. The molecule has 0 radical (unpaired) electrons. The quantitative estimate of drug-likeness (QED) is 0.724. The van der Waals surface area contributed by atoms with Crippen LogP contribution < -0.4 is 10.6 Å². The Kier molecular flexibility index (Phi) is 5.79. The third-order valence-electron chi connectivity index (χ3n) is 5.67. The number of carbonyl (C=O) groups is 1. The molecule has 1 amide bonds. The van der Waals surface area contributed by atoms with Gasteiger partial charge in [0, 0.05) is 30.7 Å². The lowest BCUT2D eigenvalue weighted by Crippen LogP contribution is -2.48. The van der Waals surface area contributed by atoms with Gasteiger partial charge in [-0.1, -0.05) is 11.6 Å². The zero-order chi connectivity index (χ0) is 20.5. The van der Waals surface area contributed by atoms with Gasteiger partial charge in [-0.05, 0) is 52.5 Å². The zero-order valence-electron chi connectivity index (χ0n) is 16.5. The van der Waals surface area contributed by atoms with Crippen molar-refractivity contribution in [3.8, 4) is 0 Å². The van der Waals surface area contributed by atoms with E-state index < -0.39 is 17.3 Å². The fourth-order valence-corrected chi connectivity index (χ4v) is 4.30. The standard InChI is InChI=1S/C20H27F3N4O/c1-12(2)6-8-19(11-14-4-5-15(19)26-14)18(28)24-9-7-17-25-13(3)10-16(27-17)20(21,22)23/h6,10,14-15,26H,4-5,7-9,11H2,1-3H3,(H,24,28)/t14-,15+,19+/m1/s1. The van der Waals surface area contributed by atoms with Crippen molar-refractivity contribution in [2.75, 3.05) is 6.54 Å². The average Bonchev–Trinajstić information content (AvgIpc) is 3.20. The molecule has 0 aliphatic carbocycles. The van der Waals surface area contributed by atoms with Gasteiger partial charge in [0.05, 0.1) is 5.41 Å². The number of carbonyl (C=O) groups excluding carboxylic acids is 1. The van der Waals surface area contributed by atoms with Gasteiger partial charge in [0.25, 0.3) is 0 Å². The third-order valence-corrected chi connectivity index (χ3v) is 5.67. The minimum Gasteiger partial charge on any atom is -0.355 e. The summed E-state index contributed by atoms with van der Waals surface area (Å²) in [5, 5.41) is 6.45. The third kappa shape index (κ3) is 4.37. The molecule has 28 heavy (non-hydrogen) atoms. The van der Waals surface area contributed by atoms with E-state index in [-0.39, 0.29) is 36.4 Å². The lowest BCUT2D eigenvalue weighted by molar-refractivity contribution is -0.141. The summed E-state index contributed by atoms with van der Waals surface area (Å²) in [7, 11) is 0. The van der Waals surface area contributed by atoms with Crippen LogP contribution in [0.5, 0.6) is 0 Å². The van der Waals surface area contributed by atoms with Gasteiger partial charge in [-0.2, -0.15) is 13.2 Å². The number of allylic oxidation sites excluding steroid dienone is 2. The predicted octanol–water partition coefficient (Wildman–Crippen LogP) is 3.33. The molecule has 154 valence electrons. The van der Waals surface area contributed by atoms with Crippen molar-refractivity contribution >= 4 is 5.91 Å². The Labute approximate surface area is 163 Å². The number of nitrogens with one attached hydrogen (secondary N) is 2. The van der Waals surface area contributed by atoms with Crippen molar-refractivity contribution in [3.63, 3.8) is 0 Å². The maximum atomic E-state index is 13.1. The fraction of sp³-hybridized carbons (Fsp3) is 0.650. The van der Waals surface area contributed by atoms with E-state index in [1.165, 1.54) is 12.5 Å². The number of hydrogen-bond acceptors (Lipinski definition) is 4. The molecule has 3 heterocycles. The number of hydrogen-bond donors (Lipinski definition) is 2. The van der Waals surface area contributed by atoms with Crippen molar-refractivity contribution < 1.29 is 18.0 Å². The van der Waals surface area contributed by atoms with Crippen molar-refractivity contribution in [2.45, 2.75) is 71.1 Å². The maximum absolute atomic E-state index is 13.1. The minimum absolute atomic E-state index is 0.0339. The van der Waals surface area contributed by atoms with Crippen molar-refractivity contribution in [3.05, 3.63) is 34.9 Å². The number of halogens is 3. The predicted molar refractivity (Wildman–Crippen MR) is 99.5 cm³/mol. The molecule has 2 N–H and O–H groups in total. The molecule has 3 atom stereocenters. The molecule has 1 aromatic rings. The molecule has 2 aliphatic heterocycles. The Morgan fingerprint density at radius 3 is 2.68 bits per heavy atom. The first-order chi connectivity index (χ1) is 13.1. The molecule has 1 aromatic heterocycles. The highest BCUT2D eigenvalue weighted by molar-refractivity contribution is 5.84. The molecule has 2 saturated heterocycles. The Morgan fingerprint density at radius 1 is 1.36 bits per heavy atom. The molecule has 2 fully saturated rings. The number of fused-ring (bicyclic) bond motifs is 2. The van der Waals surface area contributed by atoms with Crippen LogP contribution in [0.15, 0.2) is 17.7 Å². The molecule has 8 heteroatoms. The van der Waals surface area contributed by atoms with Crippen LogP contribution in [0.1, 0.15) is 56.7 Å². The highest BCUT2D eigenvalue weighted by Gasteiger charge is 2.54. The van der Waals surface area contributed by atoms with Gasteiger partial charge in [0.15, 0.2) is 0 Å². The van der Waals surface area contributed by atoms with Gasteiger partial charge in [-0.25, -0.2) is 9.97 Å². The van der Waals surface area contributed by atoms with Crippen LogP contribution in [0, 0.1) is 12.3 Å². The molecule has 5 nitrogen and oxygen atoms in total. The lowest BCUT2D eigenvalue weighted by Gasteiger charge is -2.34. The van der Waals surface area contributed by atoms with E-state index in [1.54, 1.807) is 0 Å². The summed E-state index contributed by atoms with van der Waals surface area (Å²) in [6, 6.07) is 1.45. The summed E-state index contributed by atoms with van der Waals surface area (Å²) in [4.78, 5) is 20.7. The number of aromatic nitrogens is 2. The van der Waals surface area contributed by atoms with Gasteiger partial charge in [-0.3, -0.25) is 4.79 Å². The van der Waals surface area contributed by atoms with Crippen molar-refractivity contribution in [2.24, 2.45) is 5.41 Å². The van der Waals surface area contributed by atoms with E-state index >= 15 is 0 Å². The maximum Gasteiger partial charge on any atom is 0.433 e. The molecule has 2 bridgehead atoms. The summed E-state index contributed by atoms with van der Waals surface area (Å²) in [6.07, 6.45) is 1.30. The van der Waals surface area contributed by atoms with Crippen LogP contribution in [-0.2, 0) is 17.4 Å². The van der Waals surface area contributed by atoms with Crippen molar-refractivity contribution in [1.29, 1.82) is 0 Å². The van der Waals surface area contributed by atoms with E-state index in [0.29, 0.717) is 12.5 Å². The van der Waals surface area contributed by atoms with E-state index in [1.807, 2.05) is 13.8 Å². The van der Waals surface area contributed by atoms with E-state index in [4.69, 9.17) is 0 Å². The van der Waals surface area contributed by atoms with E-state index in [9.17, 15) is 18.0 Å². The van der Waals surface area contributed by atoms with Crippen LogP contribution in [0.25, 0.3) is 0 Å². The number of amides is 1. The van der Waals surface area contributed by atoms with Gasteiger partial charge < -0.3 is 10.6 Å². The first-order valence-corrected chi connectivity index (χ1v) is 9.69. The summed E-state index contributed by atoms with van der Waals surface area (Å²) in [6.45, 7) is 5.75. The molecule has 2 aliphatic rings. The Morgan fingerprint density at radius 2 is 2.11 bits per heavy atom. The van der Waals surface area contributed by atoms with Crippen LogP contribution in [0.4, 0.5) is 13.2 Å². The fourth-order valence-electron chi connectivity index (χ4n) is 4.30. The highest BCUT2D eigenvalue weighted by Crippen LogP contribution is 2.46. The van der Waals surface area contributed by atoms with Gasteiger partial charge in [-0.15, -0.1) is 0 Å². The van der Waals surface area contributed by atoms with Crippen molar-refractivity contribution in [1.82, 2.24) is 20.6 Å². The van der Waals surface area contributed by atoms with E-state index in [0.717, 1.165) is 25.3 Å². The zero-order valence-corrected chi connectivity index (χ0v) is 16.5. The monoisotopic (exact) mass is 396 g/mol. The molecule has 0 aromatic carbocycles. The van der Waals surface area contributed by atoms with Gasteiger partial charge >= 0.3 is 6.18 Å². The lowest BCUT2D eigenvalue weighted by atomic mass is 9.70. The first-order valence-electron chi connectivity index (χ1n) is 9.69. The summed E-state index contributed by atoms with van der Waals surface area (Å²) >= 11 is 0. The largest absolute Gasteiger partial charge is 0.433 e. The molecular weight excluding hydrogens is 369 g/mol. The van der Waals surface area contributed by atoms with Gasteiger partial charge in [0.2, 0.25) is 5.91 Å². The summed E-state index contributed by atoms with van der Waals surface area (Å²) in [5.41, 5.74) is 0.00699. The second kappa shape index (κ2) is 7.81. The van der Waals surface area contributed by atoms with Gasteiger partial charge in [0.1, 0.15) is 11.5 Å². The molecule has 0 spiro atoms. The van der Waals surface area contributed by atoms with Crippen LogP contribution in [-0.4, -0.2) is 34.5 Å². The number of aryl methyl sites for hydroxylation is 1. The summed E-state index contributed by atoms with van der Waals surface area (Å²) in [5.74, 6) is 0.0606. The average molecular weight is 396 g/mol. The number of alkyl halides is 3. The van der Waals surface area contributed by atoms with Crippen LogP contribution in [0.3, 0.4) is 0 Å². The topological polar surface area (TPSA) is 66.9 Å². The van der Waals surface area contributed by atoms with Crippen LogP contribution in [0.2, 0.25) is 0 Å². The second-order valence-electron chi connectivity index (χ2n) is 8.15. The number of rotatable bonds is 6. The SMILES string of the molecule is CC(C)=CC[C@]1(C(=O)NCCc2nc(C)cc(C(F)(F)F)n2)C[C@H]2CC[C@@H]1N2. The van der Waals surface area contributed by atoms with Crippen LogP contribution >= 0.6 is 0 Å². The molecule has 3 rings (SSSR count). The molecular formula is C20H27F3N4O. The smallest absolute Gasteiger partial charge is 0.355 e. The normalized spacial score (nSPS) is 26.4. The van der Waals surface area contributed by atoms with E-state index in [2.05, 4.69) is 26.7 Å². The Hall–Kier alpha value is -1.96. The Bertz CT molecular complexity index is 773. The molecule has 0 unspecified atom stereocenters. The minimum atomic E-state index is -4.51. The molecule has 0 saturated carbocycles. The highest BCUT2D eigenvalue weighted by atomic mass is 19.4. The second-order valence-corrected chi connectivity index (χ2v) is 8.15. The Balaban J connectivity index is 1.66. The first kappa shape index (κ1) is 20.8. The summed E-state index contributed by atoms with van der Waals surface area (Å²) < 4.78 is 38.8.